The van der Waals surface area contributed by atoms with Gasteiger partial charge in [-0.2, -0.15) is 8.42 Å². The van der Waals surface area contributed by atoms with Crippen molar-refractivity contribution < 1.29 is 23.2 Å². The first kappa shape index (κ1) is 17.2. The summed E-state index contributed by atoms with van der Waals surface area (Å²) in [7, 11) is -3.69. The zero-order chi connectivity index (χ0) is 12.5. The lowest BCUT2D eigenvalue weighted by Gasteiger charge is -2.08. The van der Waals surface area contributed by atoms with Crippen molar-refractivity contribution in [3.63, 3.8) is 0 Å². The topological polar surface area (TPSA) is 107 Å². The van der Waals surface area contributed by atoms with Crippen LogP contribution in [0.15, 0.2) is 0 Å². The van der Waals surface area contributed by atoms with E-state index in [1.807, 2.05) is 6.92 Å². The van der Waals surface area contributed by atoms with E-state index in [0.717, 1.165) is 6.42 Å². The van der Waals surface area contributed by atoms with E-state index in [1.165, 1.54) is 0 Å². The van der Waals surface area contributed by atoms with Crippen LogP contribution < -0.4 is 5.32 Å². The summed E-state index contributed by atoms with van der Waals surface area (Å²) in [6.45, 7) is 4.96. The van der Waals surface area contributed by atoms with Crippen LogP contribution in [0, 0.1) is 0 Å². The summed E-state index contributed by atoms with van der Waals surface area (Å²) >= 11 is 0. The minimum absolute atomic E-state index is 0.108. The highest BCUT2D eigenvalue weighted by Gasteiger charge is 2.00. The lowest BCUT2D eigenvalue weighted by atomic mass is 10.4. The van der Waals surface area contributed by atoms with E-state index >= 15 is 0 Å². The van der Waals surface area contributed by atoms with E-state index < -0.39 is 22.6 Å². The molecule has 94 valence electrons. The van der Waals surface area contributed by atoms with Crippen LogP contribution in [0.1, 0.15) is 33.6 Å². The molecule has 0 saturated heterocycles. The summed E-state index contributed by atoms with van der Waals surface area (Å²) in [6.07, 6.45) is 0.0820. The Morgan fingerprint density at radius 1 is 1.20 bits per heavy atom. The molecular formula is C8H21NO5S. The molecule has 0 amide bonds. The summed E-state index contributed by atoms with van der Waals surface area (Å²) in [5.41, 5.74) is 0. The van der Waals surface area contributed by atoms with Crippen LogP contribution in [0.4, 0.5) is 0 Å². The highest BCUT2D eigenvalue weighted by atomic mass is 32.2. The van der Waals surface area contributed by atoms with Crippen LogP contribution in [0.2, 0.25) is 0 Å². The maximum absolute atomic E-state index is 9.95. The summed E-state index contributed by atoms with van der Waals surface area (Å²) in [5, 5.41) is 19.3. The number of aliphatic hydroxyl groups is 2. The molecule has 0 aliphatic heterocycles. The molecule has 0 bridgehead atoms. The zero-order valence-electron chi connectivity index (χ0n) is 9.34. The molecule has 0 radical (unpaired) electrons. The summed E-state index contributed by atoms with van der Waals surface area (Å²) in [4.78, 5) is 0. The van der Waals surface area contributed by atoms with Gasteiger partial charge < -0.3 is 10.2 Å². The Labute approximate surface area is 91.1 Å². The van der Waals surface area contributed by atoms with Crippen molar-refractivity contribution >= 4 is 10.1 Å². The van der Waals surface area contributed by atoms with Gasteiger partial charge in [-0.3, -0.25) is 9.87 Å². The molecule has 6 nitrogen and oxygen atoms in total. The van der Waals surface area contributed by atoms with E-state index in [2.05, 4.69) is 5.32 Å². The monoisotopic (exact) mass is 243 g/mol. The predicted molar refractivity (Wildman–Crippen MR) is 57.8 cm³/mol. The number of hydrogen-bond donors (Lipinski definition) is 4. The lowest BCUT2D eigenvalue weighted by Crippen LogP contribution is -2.33. The fraction of sp³-hybridized carbons (Fsp3) is 1.00. The maximum Gasteiger partial charge on any atom is 0.264 e. The molecule has 0 heterocycles. The zero-order valence-corrected chi connectivity index (χ0v) is 10.2. The Hall–Kier alpha value is -0.210. The first-order chi connectivity index (χ1) is 6.69. The van der Waals surface area contributed by atoms with Crippen LogP contribution in [-0.4, -0.2) is 41.4 Å². The van der Waals surface area contributed by atoms with Gasteiger partial charge in [0.15, 0.2) is 0 Å². The Balaban J connectivity index is 0. The normalized spacial score (nSPS) is 15.1. The molecule has 0 saturated carbocycles. The Morgan fingerprint density at radius 2 is 1.60 bits per heavy atom. The Kier molecular flexibility index (Phi) is 10.4. The van der Waals surface area contributed by atoms with Crippen molar-refractivity contribution in [2.45, 2.75) is 46.1 Å². The van der Waals surface area contributed by atoms with Gasteiger partial charge in [-0.25, -0.2) is 0 Å². The van der Waals surface area contributed by atoms with Gasteiger partial charge in [-0.05, 0) is 20.3 Å². The molecule has 15 heavy (non-hydrogen) atoms. The minimum Gasteiger partial charge on any atom is -0.379 e. The van der Waals surface area contributed by atoms with Gasteiger partial charge >= 0.3 is 0 Å². The molecule has 0 aromatic rings. The smallest absolute Gasteiger partial charge is 0.264 e. The predicted octanol–water partition coefficient (Wildman–Crippen LogP) is -0.0731. The van der Waals surface area contributed by atoms with Gasteiger partial charge in [0.05, 0.1) is 5.75 Å². The first-order valence-electron chi connectivity index (χ1n) is 4.76. The average molecular weight is 243 g/mol. The molecular weight excluding hydrogens is 222 g/mol. The molecule has 2 atom stereocenters. The summed E-state index contributed by atoms with van der Waals surface area (Å²) < 4.78 is 28.0. The van der Waals surface area contributed by atoms with Crippen LogP contribution in [0.5, 0.6) is 0 Å². The number of nitrogens with one attached hydrogen (secondary N) is 1. The standard InChI is InChI=1S/C4H11NO2.C4H10O3S/c1-3(6)5-4(2)7;1-2-3-4-8(5,6)7/h3-7H,1-2H3;2-4H2,1H3,(H,5,6,7). The van der Waals surface area contributed by atoms with Gasteiger partial charge in [0, 0.05) is 0 Å². The first-order valence-corrected chi connectivity index (χ1v) is 6.37. The van der Waals surface area contributed by atoms with Crippen LogP contribution in [0.3, 0.4) is 0 Å². The van der Waals surface area contributed by atoms with Gasteiger partial charge in [-0.15, -0.1) is 0 Å². The van der Waals surface area contributed by atoms with E-state index in [1.54, 1.807) is 13.8 Å². The minimum atomic E-state index is -3.69. The van der Waals surface area contributed by atoms with Gasteiger partial charge in [-0.1, -0.05) is 13.3 Å². The van der Waals surface area contributed by atoms with Crippen molar-refractivity contribution in [2.75, 3.05) is 5.75 Å². The van der Waals surface area contributed by atoms with E-state index in [-0.39, 0.29) is 5.75 Å². The Bertz CT molecular complexity index is 219. The highest BCUT2D eigenvalue weighted by molar-refractivity contribution is 7.85. The van der Waals surface area contributed by atoms with Crippen molar-refractivity contribution in [1.29, 1.82) is 0 Å². The van der Waals surface area contributed by atoms with Crippen LogP contribution in [0.25, 0.3) is 0 Å². The molecule has 4 N–H and O–H groups in total. The number of unbranched alkanes of at least 4 members (excludes halogenated alkanes) is 1. The second kappa shape index (κ2) is 9.05. The second-order valence-electron chi connectivity index (χ2n) is 3.16. The molecule has 0 aromatic carbocycles. The Morgan fingerprint density at radius 3 is 1.67 bits per heavy atom. The van der Waals surface area contributed by atoms with Gasteiger partial charge in [0.2, 0.25) is 0 Å². The van der Waals surface area contributed by atoms with Gasteiger partial charge in [0.25, 0.3) is 10.1 Å². The molecule has 0 fully saturated rings. The highest BCUT2D eigenvalue weighted by Crippen LogP contribution is 1.90. The largest absolute Gasteiger partial charge is 0.379 e. The quantitative estimate of drug-likeness (QED) is 0.398. The molecule has 2 unspecified atom stereocenters. The third-order valence-electron chi connectivity index (χ3n) is 1.24. The lowest BCUT2D eigenvalue weighted by molar-refractivity contribution is 0.0632. The third kappa shape index (κ3) is 24.8. The summed E-state index contributed by atoms with van der Waals surface area (Å²) in [6, 6.07) is 0. The average Bonchev–Trinajstić information content (AvgIpc) is 1.97. The molecule has 0 aliphatic carbocycles. The second-order valence-corrected chi connectivity index (χ2v) is 4.73. The number of hydrogen-bond acceptors (Lipinski definition) is 5. The fourth-order valence-electron chi connectivity index (χ4n) is 0.676. The number of aliphatic hydroxyl groups excluding tert-OH is 2. The van der Waals surface area contributed by atoms with Crippen molar-refractivity contribution in [2.24, 2.45) is 0 Å². The van der Waals surface area contributed by atoms with Crippen LogP contribution >= 0.6 is 0 Å². The fourth-order valence-corrected chi connectivity index (χ4v) is 1.33. The molecule has 7 heteroatoms. The molecule has 0 rings (SSSR count). The van der Waals surface area contributed by atoms with Crippen LogP contribution in [-0.2, 0) is 10.1 Å². The SMILES string of the molecule is CC(O)NC(C)O.CCCCS(=O)(=O)O. The molecule has 0 aromatic heterocycles. The van der Waals surface area contributed by atoms with E-state index in [9.17, 15) is 8.42 Å². The molecule has 0 spiro atoms. The number of rotatable bonds is 5. The van der Waals surface area contributed by atoms with E-state index in [0.29, 0.717) is 6.42 Å². The van der Waals surface area contributed by atoms with Gasteiger partial charge in [0.1, 0.15) is 12.5 Å². The summed E-state index contributed by atoms with van der Waals surface area (Å²) in [5.74, 6) is -0.108. The maximum atomic E-state index is 9.95. The van der Waals surface area contributed by atoms with E-state index in [4.69, 9.17) is 14.8 Å². The van der Waals surface area contributed by atoms with Crippen molar-refractivity contribution in [3.05, 3.63) is 0 Å². The third-order valence-corrected chi connectivity index (χ3v) is 2.04. The van der Waals surface area contributed by atoms with Crippen molar-refractivity contribution in [1.82, 2.24) is 5.32 Å². The van der Waals surface area contributed by atoms with Crippen molar-refractivity contribution in [3.8, 4) is 0 Å². The molecule has 0 aliphatic rings.